The van der Waals surface area contributed by atoms with Crippen LogP contribution in [0.2, 0.25) is 0 Å². The molecular formula is C24H16N2. The summed E-state index contributed by atoms with van der Waals surface area (Å²) in [7, 11) is 0. The van der Waals surface area contributed by atoms with Gasteiger partial charge in [-0.05, 0) is 47.4 Å². The van der Waals surface area contributed by atoms with E-state index in [4.69, 9.17) is 0 Å². The lowest BCUT2D eigenvalue weighted by Gasteiger charge is -2.27. The summed E-state index contributed by atoms with van der Waals surface area (Å²) in [5.74, 6) is 0. The maximum Gasteiger partial charge on any atom is 0.0540 e. The molecule has 0 saturated carbocycles. The van der Waals surface area contributed by atoms with Gasteiger partial charge >= 0.3 is 0 Å². The molecule has 1 aliphatic rings. The molecule has 0 radical (unpaired) electrons. The first kappa shape index (κ1) is 13.7. The zero-order chi connectivity index (χ0) is 17.1. The van der Waals surface area contributed by atoms with E-state index in [1.54, 1.807) is 0 Å². The average Bonchev–Trinajstić information content (AvgIpc) is 3.07. The van der Waals surface area contributed by atoms with E-state index in [-0.39, 0.29) is 0 Å². The molecule has 0 fully saturated rings. The zero-order valence-corrected chi connectivity index (χ0v) is 14.1. The Morgan fingerprint density at radius 1 is 0.692 bits per heavy atom. The SMILES string of the molecule is C1=CN(c2ccccc2)c2cccc3cc4[nH]c5ccccc5c4c1c23. The normalized spacial score (nSPS) is 13.2. The molecule has 1 N–H and O–H groups in total. The van der Waals surface area contributed by atoms with Crippen LogP contribution in [0.5, 0.6) is 0 Å². The van der Waals surface area contributed by atoms with Gasteiger partial charge in [0.15, 0.2) is 0 Å². The summed E-state index contributed by atoms with van der Waals surface area (Å²) < 4.78 is 0. The standard InChI is InChI=1S/C24H16N2/c1-2-8-17(9-3-1)26-14-13-19-23-16(7-6-12-22(23)26)15-21-24(19)18-10-4-5-11-20(18)25-21/h1-15,25H. The fourth-order valence-corrected chi connectivity index (χ4v) is 4.22. The van der Waals surface area contributed by atoms with Crippen molar-refractivity contribution in [2.24, 2.45) is 0 Å². The van der Waals surface area contributed by atoms with Crippen LogP contribution < -0.4 is 4.90 Å². The minimum absolute atomic E-state index is 1.18. The lowest BCUT2D eigenvalue weighted by atomic mass is 9.94. The molecule has 1 aromatic heterocycles. The predicted octanol–water partition coefficient (Wildman–Crippen LogP) is 6.60. The van der Waals surface area contributed by atoms with Crippen molar-refractivity contribution in [2.45, 2.75) is 0 Å². The van der Waals surface area contributed by atoms with Gasteiger partial charge in [-0.25, -0.2) is 0 Å². The van der Waals surface area contributed by atoms with Crippen LogP contribution in [-0.2, 0) is 0 Å². The molecule has 4 aromatic carbocycles. The number of anilines is 2. The first-order valence-corrected chi connectivity index (χ1v) is 8.89. The number of nitrogens with zero attached hydrogens (tertiary/aromatic N) is 1. The van der Waals surface area contributed by atoms with E-state index in [1.807, 2.05) is 0 Å². The molecule has 0 bridgehead atoms. The molecule has 0 spiro atoms. The van der Waals surface area contributed by atoms with Gasteiger partial charge in [0.1, 0.15) is 0 Å². The van der Waals surface area contributed by atoms with Gasteiger partial charge in [-0.2, -0.15) is 0 Å². The fourth-order valence-electron chi connectivity index (χ4n) is 4.22. The minimum atomic E-state index is 1.18. The summed E-state index contributed by atoms with van der Waals surface area (Å²) in [4.78, 5) is 5.86. The molecule has 2 heterocycles. The lowest BCUT2D eigenvalue weighted by molar-refractivity contribution is 1.30. The molecule has 26 heavy (non-hydrogen) atoms. The van der Waals surface area contributed by atoms with E-state index in [9.17, 15) is 0 Å². The Kier molecular flexibility index (Phi) is 2.64. The Bertz CT molecular complexity index is 1330. The fraction of sp³-hybridized carbons (Fsp3) is 0. The molecule has 0 unspecified atom stereocenters. The number of aromatic amines is 1. The van der Waals surface area contributed by atoms with E-state index in [0.29, 0.717) is 0 Å². The van der Waals surface area contributed by atoms with Gasteiger partial charge in [-0.15, -0.1) is 0 Å². The molecule has 0 aliphatic carbocycles. The first-order valence-electron chi connectivity index (χ1n) is 8.89. The largest absolute Gasteiger partial charge is 0.354 e. The van der Waals surface area contributed by atoms with E-state index in [0.717, 1.165) is 0 Å². The minimum Gasteiger partial charge on any atom is -0.354 e. The Morgan fingerprint density at radius 2 is 1.54 bits per heavy atom. The number of fused-ring (bicyclic) bond motifs is 4. The number of nitrogens with one attached hydrogen (secondary N) is 1. The Labute approximate surface area is 151 Å². The van der Waals surface area contributed by atoms with Crippen molar-refractivity contribution in [1.82, 2.24) is 4.98 Å². The molecule has 0 saturated heterocycles. The molecule has 2 nitrogen and oxygen atoms in total. The topological polar surface area (TPSA) is 19.0 Å². The summed E-state index contributed by atoms with van der Waals surface area (Å²) in [6.45, 7) is 0. The average molecular weight is 332 g/mol. The van der Waals surface area contributed by atoms with E-state index in [1.165, 1.54) is 49.5 Å². The highest BCUT2D eigenvalue weighted by Gasteiger charge is 2.20. The molecule has 1 aliphatic heterocycles. The second kappa shape index (κ2) is 4.99. The molecule has 0 atom stereocenters. The summed E-state index contributed by atoms with van der Waals surface area (Å²) in [5, 5.41) is 5.18. The smallest absolute Gasteiger partial charge is 0.0540 e. The maximum absolute atomic E-state index is 3.58. The summed E-state index contributed by atoms with van der Waals surface area (Å²) >= 11 is 0. The van der Waals surface area contributed by atoms with Crippen molar-refractivity contribution in [3.8, 4) is 0 Å². The van der Waals surface area contributed by atoms with Gasteiger partial charge in [-0.1, -0.05) is 48.5 Å². The molecule has 122 valence electrons. The monoisotopic (exact) mass is 332 g/mol. The van der Waals surface area contributed by atoms with Gasteiger partial charge in [0.2, 0.25) is 0 Å². The number of hydrogen-bond acceptors (Lipinski definition) is 1. The van der Waals surface area contributed by atoms with Crippen LogP contribution in [0.4, 0.5) is 11.4 Å². The van der Waals surface area contributed by atoms with Crippen molar-refractivity contribution in [3.05, 3.63) is 90.6 Å². The third kappa shape index (κ3) is 1.76. The number of rotatable bonds is 1. The highest BCUT2D eigenvalue weighted by Crippen LogP contribution is 2.43. The number of H-pyrrole nitrogens is 1. The molecule has 5 aromatic rings. The molecule has 6 rings (SSSR count). The predicted molar refractivity (Wildman–Crippen MR) is 111 cm³/mol. The summed E-state index contributed by atoms with van der Waals surface area (Å²) in [6, 6.07) is 27.9. The number of hydrogen-bond donors (Lipinski definition) is 1. The van der Waals surface area contributed by atoms with Crippen molar-refractivity contribution in [3.63, 3.8) is 0 Å². The second-order valence-corrected chi connectivity index (χ2v) is 6.78. The van der Waals surface area contributed by atoms with Gasteiger partial charge in [0, 0.05) is 39.1 Å². The maximum atomic E-state index is 3.58. The van der Waals surface area contributed by atoms with Crippen molar-refractivity contribution in [2.75, 3.05) is 4.90 Å². The molecular weight excluding hydrogens is 316 g/mol. The van der Waals surface area contributed by atoms with E-state index < -0.39 is 0 Å². The Hall–Kier alpha value is -3.52. The van der Waals surface area contributed by atoms with Gasteiger partial charge in [0.25, 0.3) is 0 Å². The van der Waals surface area contributed by atoms with Crippen LogP contribution >= 0.6 is 0 Å². The highest BCUT2D eigenvalue weighted by atomic mass is 15.1. The zero-order valence-electron chi connectivity index (χ0n) is 14.1. The summed E-state index contributed by atoms with van der Waals surface area (Å²) in [6.07, 6.45) is 4.44. The van der Waals surface area contributed by atoms with Crippen LogP contribution in [0.3, 0.4) is 0 Å². The number of para-hydroxylation sites is 2. The van der Waals surface area contributed by atoms with Crippen molar-refractivity contribution in [1.29, 1.82) is 0 Å². The number of aromatic nitrogens is 1. The molecule has 2 heteroatoms. The van der Waals surface area contributed by atoms with E-state index >= 15 is 0 Å². The van der Waals surface area contributed by atoms with Crippen LogP contribution in [0.1, 0.15) is 5.56 Å². The third-order valence-corrected chi connectivity index (χ3v) is 5.33. The second-order valence-electron chi connectivity index (χ2n) is 6.78. The van der Waals surface area contributed by atoms with Gasteiger partial charge in [-0.3, -0.25) is 0 Å². The first-order chi connectivity index (χ1) is 12.9. The highest BCUT2D eigenvalue weighted by molar-refractivity contribution is 6.21. The summed E-state index contributed by atoms with van der Waals surface area (Å²) in [5.41, 5.74) is 6.11. The van der Waals surface area contributed by atoms with Gasteiger partial charge < -0.3 is 9.88 Å². The third-order valence-electron chi connectivity index (χ3n) is 5.33. The number of benzene rings is 4. The van der Waals surface area contributed by atoms with Crippen LogP contribution in [0, 0.1) is 0 Å². The van der Waals surface area contributed by atoms with Gasteiger partial charge in [0.05, 0.1) is 5.69 Å². The molecule has 0 amide bonds. The Balaban J connectivity index is 1.76. The van der Waals surface area contributed by atoms with E-state index in [2.05, 4.69) is 101 Å². The van der Waals surface area contributed by atoms with Crippen molar-refractivity contribution >= 4 is 50.0 Å². The van der Waals surface area contributed by atoms with Crippen LogP contribution in [0.15, 0.2) is 85.1 Å². The van der Waals surface area contributed by atoms with Crippen molar-refractivity contribution < 1.29 is 0 Å². The quantitative estimate of drug-likeness (QED) is 0.366. The lowest BCUT2D eigenvalue weighted by Crippen LogP contribution is -2.11. The van der Waals surface area contributed by atoms with Crippen LogP contribution in [-0.4, -0.2) is 4.98 Å². The Morgan fingerprint density at radius 3 is 2.46 bits per heavy atom. The van der Waals surface area contributed by atoms with Crippen LogP contribution in [0.25, 0.3) is 38.7 Å².